The summed E-state index contributed by atoms with van der Waals surface area (Å²) < 4.78 is 5.26. The van der Waals surface area contributed by atoms with Crippen LogP contribution in [0.2, 0.25) is 0 Å². The Morgan fingerprint density at radius 2 is 1.83 bits per heavy atom. The Morgan fingerprint density at radius 1 is 1.07 bits per heavy atom. The molecule has 41 heavy (non-hydrogen) atoms. The second-order valence-corrected chi connectivity index (χ2v) is 10.0. The first-order valence-corrected chi connectivity index (χ1v) is 15.7. The smallest absolute Gasteiger partial charge is 0.246 e. The number of amides is 2. The van der Waals surface area contributed by atoms with Crippen LogP contribution in [0.3, 0.4) is 0 Å². The van der Waals surface area contributed by atoms with Crippen LogP contribution in [0.5, 0.6) is 0 Å². The monoisotopic (exact) mass is 567 g/mol. The highest BCUT2D eigenvalue weighted by Crippen LogP contribution is 2.36. The van der Waals surface area contributed by atoms with Gasteiger partial charge in [-0.15, -0.1) is 0 Å². The van der Waals surface area contributed by atoms with Gasteiger partial charge in [-0.25, -0.2) is 0 Å². The summed E-state index contributed by atoms with van der Waals surface area (Å²) in [5, 5.41) is 3.45. The van der Waals surface area contributed by atoms with Gasteiger partial charge < -0.3 is 24.8 Å². The Bertz CT molecular complexity index is 1020. The zero-order valence-corrected chi connectivity index (χ0v) is 26.3. The van der Waals surface area contributed by atoms with E-state index in [0.29, 0.717) is 26.2 Å². The lowest BCUT2D eigenvalue weighted by Gasteiger charge is -2.41. The molecule has 2 atom stereocenters. The van der Waals surface area contributed by atoms with E-state index in [9.17, 15) is 9.59 Å². The Morgan fingerprint density at radius 3 is 2.51 bits per heavy atom. The van der Waals surface area contributed by atoms with Crippen LogP contribution in [-0.4, -0.2) is 74.2 Å². The average molecular weight is 568 g/mol. The van der Waals surface area contributed by atoms with Crippen LogP contribution in [0.15, 0.2) is 48.8 Å². The number of anilines is 2. The first-order chi connectivity index (χ1) is 20.1. The van der Waals surface area contributed by atoms with E-state index in [1.54, 1.807) is 13.3 Å². The molecule has 0 bridgehead atoms. The van der Waals surface area contributed by atoms with E-state index < -0.39 is 0 Å². The fourth-order valence-electron chi connectivity index (χ4n) is 5.53. The predicted octanol–water partition coefficient (Wildman–Crippen LogP) is 5.52. The molecule has 8 nitrogen and oxygen atoms in total. The van der Waals surface area contributed by atoms with Crippen LogP contribution in [0.1, 0.15) is 72.3 Å². The van der Waals surface area contributed by atoms with Crippen molar-refractivity contribution in [2.75, 3.05) is 56.2 Å². The summed E-state index contributed by atoms with van der Waals surface area (Å²) in [5.41, 5.74) is 3.21. The minimum Gasteiger partial charge on any atom is -0.383 e. The molecule has 8 heteroatoms. The van der Waals surface area contributed by atoms with E-state index in [0.717, 1.165) is 68.7 Å². The molecule has 0 saturated carbocycles. The number of para-hydroxylation sites is 2. The number of fused-ring (bicyclic) bond motifs is 1. The quantitative estimate of drug-likeness (QED) is 0.360. The zero-order chi connectivity index (χ0) is 30.0. The van der Waals surface area contributed by atoms with Crippen LogP contribution in [0, 0.1) is 5.92 Å². The van der Waals surface area contributed by atoms with Gasteiger partial charge in [-0.1, -0.05) is 52.8 Å². The predicted molar refractivity (Wildman–Crippen MR) is 169 cm³/mol. The van der Waals surface area contributed by atoms with Gasteiger partial charge in [-0.2, -0.15) is 0 Å². The molecule has 1 fully saturated rings. The van der Waals surface area contributed by atoms with Crippen molar-refractivity contribution in [2.24, 2.45) is 5.92 Å². The SMILES string of the molecule is CC.CC.CCC(CCNCc1cccnc1)C(=O)N1CCCC(N2C(=O)CN(CCOC)c3ccccc32)CC1. The van der Waals surface area contributed by atoms with Crippen LogP contribution >= 0.6 is 0 Å². The fraction of sp³-hybridized carbons (Fsp3) is 0.606. The maximum atomic E-state index is 13.4. The number of hydrogen-bond acceptors (Lipinski definition) is 6. The van der Waals surface area contributed by atoms with Gasteiger partial charge in [-0.05, 0) is 62.4 Å². The van der Waals surface area contributed by atoms with Crippen molar-refractivity contribution in [3.8, 4) is 0 Å². The van der Waals surface area contributed by atoms with E-state index in [-0.39, 0.29) is 23.8 Å². The second kappa shape index (κ2) is 19.2. The summed E-state index contributed by atoms with van der Waals surface area (Å²) in [6.07, 6.45) is 7.92. The molecule has 4 rings (SSSR count). The summed E-state index contributed by atoms with van der Waals surface area (Å²) in [6, 6.07) is 12.3. The molecule has 0 spiro atoms. The minimum atomic E-state index is 0.0182. The standard InChI is InChI=1S/C29H41N5O3.2C2H6/c1-3-24(12-15-31-21-23-8-6-14-30-20-23)29(36)32-16-7-9-25(13-17-32)34-27-11-5-4-10-26(27)33(18-19-37-2)22-28(34)35;2*1-2/h4-6,8,10-11,14,20,24-25,31H,3,7,9,12-13,15-19,21-22H2,1-2H3;2*1-2H3. The van der Waals surface area contributed by atoms with Crippen molar-refractivity contribution < 1.29 is 14.3 Å². The van der Waals surface area contributed by atoms with Crippen LogP contribution < -0.4 is 15.1 Å². The Balaban J connectivity index is 0.00000141. The highest BCUT2D eigenvalue weighted by molar-refractivity contribution is 6.03. The number of carbonyl (C=O) groups excluding carboxylic acids is 2. The second-order valence-electron chi connectivity index (χ2n) is 10.0. The molecule has 0 aliphatic carbocycles. The minimum absolute atomic E-state index is 0.0182. The average Bonchev–Trinajstić information content (AvgIpc) is 3.28. The van der Waals surface area contributed by atoms with Gasteiger partial charge in [-0.3, -0.25) is 14.6 Å². The van der Waals surface area contributed by atoms with Crippen LogP contribution in [0.25, 0.3) is 0 Å². The molecule has 228 valence electrons. The van der Waals surface area contributed by atoms with Crippen molar-refractivity contribution in [3.05, 3.63) is 54.4 Å². The van der Waals surface area contributed by atoms with E-state index in [4.69, 9.17) is 4.74 Å². The number of methoxy groups -OCH3 is 1. The third-order valence-electron chi connectivity index (χ3n) is 7.58. The molecular weight excluding hydrogens is 514 g/mol. The number of benzene rings is 1. The zero-order valence-electron chi connectivity index (χ0n) is 26.3. The van der Waals surface area contributed by atoms with E-state index >= 15 is 0 Å². The molecule has 2 unspecified atom stereocenters. The number of ether oxygens (including phenoxy) is 1. The van der Waals surface area contributed by atoms with Crippen molar-refractivity contribution in [2.45, 2.75) is 79.3 Å². The topological polar surface area (TPSA) is 78.0 Å². The number of nitrogens with zero attached hydrogens (tertiary/aromatic N) is 4. The molecule has 1 N–H and O–H groups in total. The van der Waals surface area contributed by atoms with Gasteiger partial charge in [0.25, 0.3) is 0 Å². The normalized spacial score (nSPS) is 17.4. The number of aromatic nitrogens is 1. The number of nitrogens with one attached hydrogen (secondary N) is 1. The summed E-state index contributed by atoms with van der Waals surface area (Å²) in [4.78, 5) is 37.0. The maximum Gasteiger partial charge on any atom is 0.246 e. The van der Waals surface area contributed by atoms with Gasteiger partial charge in [0, 0.05) is 57.6 Å². The summed E-state index contributed by atoms with van der Waals surface area (Å²) in [7, 11) is 1.69. The first-order valence-electron chi connectivity index (χ1n) is 15.7. The van der Waals surface area contributed by atoms with Crippen molar-refractivity contribution in [1.82, 2.24) is 15.2 Å². The Labute approximate surface area is 248 Å². The highest BCUT2D eigenvalue weighted by Gasteiger charge is 2.35. The van der Waals surface area contributed by atoms with Gasteiger partial charge >= 0.3 is 0 Å². The first kappa shape index (κ1) is 34.2. The third-order valence-corrected chi connectivity index (χ3v) is 7.58. The molecule has 1 aromatic heterocycles. The highest BCUT2D eigenvalue weighted by atomic mass is 16.5. The van der Waals surface area contributed by atoms with Crippen molar-refractivity contribution >= 4 is 23.2 Å². The number of carbonyl (C=O) groups is 2. The van der Waals surface area contributed by atoms with E-state index in [1.807, 2.05) is 68.0 Å². The Kier molecular flexibility index (Phi) is 16.0. The van der Waals surface area contributed by atoms with Crippen LogP contribution in [0.4, 0.5) is 11.4 Å². The molecule has 2 aromatic rings. The van der Waals surface area contributed by atoms with Crippen molar-refractivity contribution in [3.63, 3.8) is 0 Å². The van der Waals surface area contributed by atoms with Crippen molar-refractivity contribution in [1.29, 1.82) is 0 Å². The molecule has 1 saturated heterocycles. The largest absolute Gasteiger partial charge is 0.383 e. The fourth-order valence-corrected chi connectivity index (χ4v) is 5.53. The number of rotatable bonds is 11. The molecule has 0 radical (unpaired) electrons. The number of hydrogen-bond donors (Lipinski definition) is 1. The number of pyridine rings is 1. The molecule has 2 amide bonds. The molecule has 3 heterocycles. The van der Waals surface area contributed by atoms with E-state index in [1.165, 1.54) is 0 Å². The third kappa shape index (κ3) is 9.82. The summed E-state index contributed by atoms with van der Waals surface area (Å²) >= 11 is 0. The molecule has 2 aliphatic rings. The maximum absolute atomic E-state index is 13.4. The Hall–Kier alpha value is -2.97. The molecule has 2 aliphatic heterocycles. The molecule has 1 aromatic carbocycles. The lowest BCUT2D eigenvalue weighted by Crippen LogP contribution is -2.51. The number of likely N-dealkylation sites (tertiary alicyclic amines) is 1. The molecular formula is C33H53N5O3. The lowest BCUT2D eigenvalue weighted by molar-refractivity contribution is -0.135. The summed E-state index contributed by atoms with van der Waals surface area (Å²) in [5.74, 6) is 0.401. The van der Waals surface area contributed by atoms with E-state index in [2.05, 4.69) is 34.3 Å². The van der Waals surface area contributed by atoms with Gasteiger partial charge in [0.1, 0.15) is 0 Å². The summed E-state index contributed by atoms with van der Waals surface area (Å²) in [6.45, 7) is 14.8. The van der Waals surface area contributed by atoms with Crippen LogP contribution in [-0.2, 0) is 20.9 Å². The van der Waals surface area contributed by atoms with Gasteiger partial charge in [0.15, 0.2) is 0 Å². The van der Waals surface area contributed by atoms with Gasteiger partial charge in [0.05, 0.1) is 24.5 Å². The lowest BCUT2D eigenvalue weighted by atomic mass is 10.00. The van der Waals surface area contributed by atoms with Gasteiger partial charge in [0.2, 0.25) is 11.8 Å².